The van der Waals surface area contributed by atoms with Crippen LogP contribution in [0.3, 0.4) is 0 Å². The van der Waals surface area contributed by atoms with Crippen LogP contribution in [-0.2, 0) is 4.79 Å². The molecule has 0 N–H and O–H groups in total. The number of benzene rings is 1. The molecule has 1 amide bonds. The van der Waals surface area contributed by atoms with Crippen LogP contribution < -0.4 is 9.64 Å². The van der Waals surface area contributed by atoms with Gasteiger partial charge < -0.3 is 14.0 Å². The molecule has 2 aromatic heterocycles. The van der Waals surface area contributed by atoms with Gasteiger partial charge in [0.1, 0.15) is 17.2 Å². The number of hydrogen-bond donors (Lipinski definition) is 0. The first-order valence-electron chi connectivity index (χ1n) is 8.48. The summed E-state index contributed by atoms with van der Waals surface area (Å²) in [7, 11) is 0. The molecule has 1 aromatic carbocycles. The van der Waals surface area contributed by atoms with Gasteiger partial charge in [-0.15, -0.1) is 0 Å². The summed E-state index contributed by atoms with van der Waals surface area (Å²) in [6, 6.07) is 7.35. The summed E-state index contributed by atoms with van der Waals surface area (Å²) in [6.45, 7) is -0.186. The van der Waals surface area contributed by atoms with Crippen LogP contribution in [-0.4, -0.2) is 28.3 Å². The molecule has 8 heteroatoms. The average Bonchev–Trinajstić information content (AvgIpc) is 3.08. The van der Waals surface area contributed by atoms with Crippen LogP contribution in [0.25, 0.3) is 5.65 Å². The van der Waals surface area contributed by atoms with Gasteiger partial charge in [-0.3, -0.25) is 4.79 Å². The van der Waals surface area contributed by atoms with Crippen LogP contribution in [0.5, 0.6) is 5.75 Å². The minimum Gasteiger partial charge on any atom is -0.493 e. The quantitative estimate of drug-likeness (QED) is 0.612. The summed E-state index contributed by atoms with van der Waals surface area (Å²) in [5.41, 5.74) is 1.69. The van der Waals surface area contributed by atoms with Crippen molar-refractivity contribution in [3.63, 3.8) is 0 Å². The molecular weight excluding hydrogens is 359 g/mol. The average molecular weight is 375 g/mol. The maximum Gasteiger partial charge on any atom is 0.241 e. The number of β-lactam (4-membered cyclic amide) rings is 1. The fourth-order valence-corrected chi connectivity index (χ4v) is 3.17. The number of imidazole rings is 1. The molecule has 1 saturated heterocycles. The number of pyridine rings is 1. The van der Waals surface area contributed by atoms with E-state index in [4.69, 9.17) is 4.74 Å². The number of amides is 1. The van der Waals surface area contributed by atoms with Gasteiger partial charge in [-0.1, -0.05) is 6.07 Å². The minimum atomic E-state index is -2.46. The summed E-state index contributed by atoms with van der Waals surface area (Å²) >= 11 is 0. The van der Waals surface area contributed by atoms with Crippen molar-refractivity contribution in [2.24, 2.45) is 0 Å². The highest BCUT2D eigenvalue weighted by atomic mass is 19.3. The molecule has 5 nitrogen and oxygen atoms in total. The van der Waals surface area contributed by atoms with Crippen LogP contribution in [0.15, 0.2) is 48.9 Å². The van der Waals surface area contributed by atoms with Crippen molar-refractivity contribution in [2.75, 3.05) is 11.5 Å². The first-order chi connectivity index (χ1) is 13.0. The Morgan fingerprint density at radius 3 is 2.81 bits per heavy atom. The number of rotatable bonds is 6. The smallest absolute Gasteiger partial charge is 0.241 e. The zero-order valence-corrected chi connectivity index (χ0v) is 14.2. The molecule has 1 unspecified atom stereocenters. The van der Waals surface area contributed by atoms with E-state index in [1.54, 1.807) is 30.7 Å². The predicted octanol–water partition coefficient (Wildman–Crippen LogP) is 3.99. The highest BCUT2D eigenvalue weighted by Crippen LogP contribution is 2.40. The normalized spacial score (nSPS) is 16.8. The number of carbonyl (C=O) groups is 1. The molecule has 1 aliphatic rings. The van der Waals surface area contributed by atoms with E-state index in [0.717, 1.165) is 0 Å². The molecule has 0 saturated carbocycles. The fourth-order valence-electron chi connectivity index (χ4n) is 3.17. The van der Waals surface area contributed by atoms with Crippen molar-refractivity contribution in [1.29, 1.82) is 0 Å². The lowest BCUT2D eigenvalue weighted by Crippen LogP contribution is -2.47. The number of carbonyl (C=O) groups excluding carboxylic acids is 1. The van der Waals surface area contributed by atoms with Crippen molar-refractivity contribution in [3.8, 4) is 5.75 Å². The topological polar surface area (TPSA) is 46.8 Å². The lowest BCUT2D eigenvalue weighted by atomic mass is 9.92. The first-order valence-corrected chi connectivity index (χ1v) is 8.48. The number of nitrogens with zero attached hydrogens (tertiary/aromatic N) is 3. The van der Waals surface area contributed by atoms with Crippen LogP contribution in [0.4, 0.5) is 18.9 Å². The Hall–Kier alpha value is -3.03. The molecule has 1 atom stereocenters. The highest BCUT2D eigenvalue weighted by Gasteiger charge is 2.39. The van der Waals surface area contributed by atoms with Crippen molar-refractivity contribution < 1.29 is 22.7 Å². The maximum atomic E-state index is 14.5. The van der Waals surface area contributed by atoms with E-state index < -0.39 is 24.7 Å². The minimum absolute atomic E-state index is 0.104. The van der Waals surface area contributed by atoms with E-state index in [9.17, 15) is 18.0 Å². The lowest BCUT2D eigenvalue weighted by Gasteiger charge is -2.40. The summed E-state index contributed by atoms with van der Waals surface area (Å²) in [5, 5.41) is 0. The van der Waals surface area contributed by atoms with E-state index in [1.807, 2.05) is 4.40 Å². The number of anilines is 1. The van der Waals surface area contributed by atoms with Gasteiger partial charge in [-0.05, 0) is 12.1 Å². The Morgan fingerprint density at radius 1 is 1.22 bits per heavy atom. The van der Waals surface area contributed by atoms with Gasteiger partial charge in [0.05, 0.1) is 19.1 Å². The monoisotopic (exact) mass is 375 g/mol. The highest BCUT2D eigenvalue weighted by molar-refractivity contribution is 6.01. The summed E-state index contributed by atoms with van der Waals surface area (Å²) in [5.74, 6) is -0.450. The van der Waals surface area contributed by atoms with E-state index in [1.165, 1.54) is 23.1 Å². The summed E-state index contributed by atoms with van der Waals surface area (Å²) < 4.78 is 45.8. The lowest BCUT2D eigenvalue weighted by molar-refractivity contribution is -0.124. The van der Waals surface area contributed by atoms with E-state index in [2.05, 4.69) is 4.98 Å². The molecule has 3 heterocycles. The number of aromatic nitrogens is 2. The van der Waals surface area contributed by atoms with Crippen LogP contribution in [0.1, 0.15) is 24.4 Å². The molecule has 27 heavy (non-hydrogen) atoms. The van der Waals surface area contributed by atoms with Crippen LogP contribution in [0, 0.1) is 5.82 Å². The number of hydrogen-bond acceptors (Lipinski definition) is 3. The zero-order chi connectivity index (χ0) is 19.0. The third-order valence-corrected chi connectivity index (χ3v) is 4.54. The molecule has 140 valence electrons. The first kappa shape index (κ1) is 17.4. The molecule has 4 rings (SSSR count). The number of ether oxygens (including phenoxy) is 1. The van der Waals surface area contributed by atoms with Gasteiger partial charge in [0.15, 0.2) is 0 Å². The Balaban J connectivity index is 1.54. The molecule has 3 aromatic rings. The molecule has 0 bridgehead atoms. The van der Waals surface area contributed by atoms with Crippen molar-refractivity contribution in [1.82, 2.24) is 9.38 Å². The summed E-state index contributed by atoms with van der Waals surface area (Å²) in [4.78, 5) is 17.9. The van der Waals surface area contributed by atoms with Crippen molar-refractivity contribution in [2.45, 2.75) is 25.3 Å². The third kappa shape index (κ3) is 3.34. The fraction of sp³-hybridized carbons (Fsp3) is 0.263. The summed E-state index contributed by atoms with van der Waals surface area (Å²) in [6.07, 6.45) is 2.56. The number of alkyl halides is 2. The molecule has 0 spiro atoms. The zero-order valence-electron chi connectivity index (χ0n) is 14.2. The Bertz CT molecular complexity index is 989. The second-order valence-corrected chi connectivity index (χ2v) is 6.27. The van der Waals surface area contributed by atoms with E-state index >= 15 is 0 Å². The predicted molar refractivity (Wildman–Crippen MR) is 92.6 cm³/mol. The second-order valence-electron chi connectivity index (χ2n) is 6.27. The molecule has 0 radical (unpaired) electrons. The number of fused-ring (bicyclic) bond motifs is 1. The van der Waals surface area contributed by atoms with Gasteiger partial charge in [0.25, 0.3) is 0 Å². The molecule has 1 fully saturated rings. The van der Waals surface area contributed by atoms with Crippen molar-refractivity contribution in [3.05, 3.63) is 60.3 Å². The third-order valence-electron chi connectivity index (χ3n) is 4.54. The number of halogens is 3. The van der Waals surface area contributed by atoms with Gasteiger partial charge >= 0.3 is 0 Å². The van der Waals surface area contributed by atoms with Crippen LogP contribution in [0.2, 0.25) is 0 Å². The maximum absolute atomic E-state index is 14.5. The van der Waals surface area contributed by atoms with Crippen molar-refractivity contribution >= 4 is 17.2 Å². The van der Waals surface area contributed by atoms with Gasteiger partial charge in [0.2, 0.25) is 12.3 Å². The second kappa shape index (κ2) is 6.94. The van der Waals surface area contributed by atoms with Gasteiger partial charge in [0, 0.05) is 48.4 Å². The van der Waals surface area contributed by atoms with Crippen LogP contribution >= 0.6 is 0 Å². The van der Waals surface area contributed by atoms with Gasteiger partial charge in [-0.2, -0.15) is 0 Å². The Morgan fingerprint density at radius 2 is 2.07 bits per heavy atom. The Labute approximate surface area is 153 Å². The standard InChI is InChI=1S/C19H16F3N3O2/c20-15-10-13(27-8-4-17(21)22)1-2-14(15)16-11-19(26)25(16)12-3-6-24-7-5-23-18(24)9-12/h1-3,5-7,9-10,16-17H,4,8,11H2. The molecule has 0 aliphatic carbocycles. The largest absolute Gasteiger partial charge is 0.493 e. The molecule has 1 aliphatic heterocycles. The van der Waals surface area contributed by atoms with E-state index in [0.29, 0.717) is 16.9 Å². The Kier molecular flexibility index (Phi) is 4.47. The SMILES string of the molecule is O=C1CC(c2ccc(OCCC(F)F)cc2F)N1c1ccn2ccnc2c1. The van der Waals surface area contributed by atoms with Gasteiger partial charge in [-0.25, -0.2) is 18.2 Å². The molecular formula is C19H16F3N3O2. The van der Waals surface area contributed by atoms with E-state index in [-0.39, 0.29) is 24.7 Å².